The quantitative estimate of drug-likeness (QED) is 0.703. The molecule has 3 unspecified atom stereocenters. The summed E-state index contributed by atoms with van der Waals surface area (Å²) in [6, 6.07) is 14.4. The Balaban J connectivity index is 1.62. The Labute approximate surface area is 196 Å². The van der Waals surface area contributed by atoms with Gasteiger partial charge >= 0.3 is 0 Å². The summed E-state index contributed by atoms with van der Waals surface area (Å²) >= 11 is 0. The predicted octanol–water partition coefficient (Wildman–Crippen LogP) is 3.29. The van der Waals surface area contributed by atoms with E-state index in [0.29, 0.717) is 24.6 Å². The molecule has 2 aromatic carbocycles. The van der Waals surface area contributed by atoms with Crippen LogP contribution in [0.4, 0.5) is 0 Å². The molecule has 2 aromatic rings. The number of nitrogens with two attached hydrogens (primary N) is 1. The maximum atomic E-state index is 12.9. The van der Waals surface area contributed by atoms with E-state index in [-0.39, 0.29) is 17.9 Å². The Kier molecular flexibility index (Phi) is 6.18. The van der Waals surface area contributed by atoms with Crippen molar-refractivity contribution in [3.05, 3.63) is 59.2 Å². The first-order valence-corrected chi connectivity index (χ1v) is 11.7. The van der Waals surface area contributed by atoms with Gasteiger partial charge in [-0.3, -0.25) is 4.79 Å². The Morgan fingerprint density at radius 2 is 1.82 bits per heavy atom. The number of methoxy groups -OCH3 is 1. The number of hydrogen-bond donors (Lipinski definition) is 2. The van der Waals surface area contributed by atoms with Gasteiger partial charge in [0.25, 0.3) is 0 Å². The number of ether oxygens (including phenoxy) is 2. The van der Waals surface area contributed by atoms with Crippen LogP contribution in [-0.4, -0.2) is 53.9 Å². The van der Waals surface area contributed by atoms with Crippen molar-refractivity contribution < 1.29 is 19.4 Å². The largest absolute Gasteiger partial charge is 0.493 e. The second kappa shape index (κ2) is 8.65. The third-order valence-electron chi connectivity index (χ3n) is 7.42. The van der Waals surface area contributed by atoms with E-state index in [9.17, 15) is 9.90 Å². The van der Waals surface area contributed by atoms with Crippen LogP contribution in [-0.2, 0) is 17.6 Å². The highest BCUT2D eigenvalue weighted by molar-refractivity contribution is 5.85. The fourth-order valence-electron chi connectivity index (χ4n) is 5.27. The number of carbonyl (C=O) groups excluding carboxylic acids is 1. The molecular weight excluding hydrogens is 416 g/mol. The molecule has 3 atom stereocenters. The zero-order chi connectivity index (χ0) is 24.0. The summed E-state index contributed by atoms with van der Waals surface area (Å²) in [5.41, 5.74) is 8.32. The molecule has 1 amide bonds. The Bertz CT molecular complexity index is 1000. The average Bonchev–Trinajstić information content (AvgIpc) is 3.33. The normalized spacial score (nSPS) is 24.0. The van der Waals surface area contributed by atoms with Crippen LogP contribution in [0.5, 0.6) is 11.5 Å². The van der Waals surface area contributed by atoms with E-state index in [0.717, 1.165) is 18.4 Å². The van der Waals surface area contributed by atoms with Crippen LogP contribution in [0.25, 0.3) is 0 Å². The van der Waals surface area contributed by atoms with E-state index >= 15 is 0 Å². The molecule has 6 heteroatoms. The van der Waals surface area contributed by atoms with Crippen molar-refractivity contribution in [2.45, 2.75) is 64.2 Å². The summed E-state index contributed by atoms with van der Waals surface area (Å²) in [6.45, 7) is 8.24. The van der Waals surface area contributed by atoms with Crippen LogP contribution in [0.15, 0.2) is 42.5 Å². The molecule has 0 radical (unpaired) electrons. The van der Waals surface area contributed by atoms with E-state index in [4.69, 9.17) is 15.2 Å². The molecule has 1 heterocycles. The van der Waals surface area contributed by atoms with Gasteiger partial charge in [0.05, 0.1) is 18.8 Å². The predicted molar refractivity (Wildman–Crippen MR) is 129 cm³/mol. The van der Waals surface area contributed by atoms with Crippen molar-refractivity contribution in [2.75, 3.05) is 20.2 Å². The zero-order valence-electron chi connectivity index (χ0n) is 20.3. The lowest BCUT2D eigenvalue weighted by molar-refractivity contribution is -0.135. The first kappa shape index (κ1) is 23.6. The Hall–Kier alpha value is -2.57. The third-order valence-corrected chi connectivity index (χ3v) is 7.42. The highest BCUT2D eigenvalue weighted by Crippen LogP contribution is 2.47. The molecule has 1 fully saturated rings. The monoisotopic (exact) mass is 452 g/mol. The summed E-state index contributed by atoms with van der Waals surface area (Å²) < 4.78 is 12.0. The van der Waals surface area contributed by atoms with Crippen molar-refractivity contribution >= 4 is 5.91 Å². The van der Waals surface area contributed by atoms with E-state index in [1.165, 1.54) is 11.1 Å². The number of carbonyl (C=O) groups is 1. The third kappa shape index (κ3) is 4.46. The van der Waals surface area contributed by atoms with Gasteiger partial charge in [-0.25, -0.2) is 0 Å². The lowest BCUT2D eigenvalue weighted by Crippen LogP contribution is -2.51. The summed E-state index contributed by atoms with van der Waals surface area (Å²) in [7, 11) is 1.64. The van der Waals surface area contributed by atoms with Gasteiger partial charge in [-0.1, -0.05) is 37.3 Å². The van der Waals surface area contributed by atoms with Crippen LogP contribution < -0.4 is 15.2 Å². The second-order valence-electron chi connectivity index (χ2n) is 10.5. The number of amides is 1. The number of aliphatic hydroxyl groups excluding tert-OH is 1. The molecule has 1 saturated heterocycles. The van der Waals surface area contributed by atoms with E-state index < -0.39 is 17.1 Å². The Morgan fingerprint density at radius 1 is 1.18 bits per heavy atom. The molecule has 2 aliphatic rings. The van der Waals surface area contributed by atoms with Crippen LogP contribution in [0.1, 0.15) is 50.3 Å². The van der Waals surface area contributed by atoms with Crippen molar-refractivity contribution in [1.82, 2.24) is 4.90 Å². The minimum absolute atomic E-state index is 0.0504. The van der Waals surface area contributed by atoms with Crippen LogP contribution in [0.2, 0.25) is 0 Å². The summed E-state index contributed by atoms with van der Waals surface area (Å²) in [5.74, 6) is 1.22. The molecule has 178 valence electrons. The number of benzene rings is 2. The average molecular weight is 453 g/mol. The molecule has 6 nitrogen and oxygen atoms in total. The second-order valence-corrected chi connectivity index (χ2v) is 10.5. The standard InChI is InChI=1S/C27H36N2O4/c1-17(30)27(4)16-29(25(31)26(2,3)28)15-22(27)20-10-11-23(32-5)24(14-20)33-21-12-18-8-6-7-9-19(18)13-21/h6-11,14,17,21-22,30H,12-13,15-16,28H2,1-5H3. The molecule has 3 N–H and O–H groups in total. The van der Waals surface area contributed by atoms with Crippen molar-refractivity contribution in [1.29, 1.82) is 0 Å². The van der Waals surface area contributed by atoms with Gasteiger partial charge in [-0.2, -0.15) is 0 Å². The fourth-order valence-corrected chi connectivity index (χ4v) is 5.27. The summed E-state index contributed by atoms with van der Waals surface area (Å²) in [4.78, 5) is 14.7. The van der Waals surface area contributed by atoms with Crippen LogP contribution in [0.3, 0.4) is 0 Å². The number of fused-ring (bicyclic) bond motifs is 1. The van der Waals surface area contributed by atoms with Gasteiger partial charge in [0, 0.05) is 37.3 Å². The van der Waals surface area contributed by atoms with Gasteiger partial charge < -0.3 is 25.2 Å². The summed E-state index contributed by atoms with van der Waals surface area (Å²) in [6.07, 6.45) is 1.18. The highest BCUT2D eigenvalue weighted by Gasteiger charge is 2.49. The fraction of sp³-hybridized carbons (Fsp3) is 0.519. The molecule has 33 heavy (non-hydrogen) atoms. The van der Waals surface area contributed by atoms with Gasteiger partial charge in [-0.15, -0.1) is 0 Å². The van der Waals surface area contributed by atoms with Gasteiger partial charge in [-0.05, 0) is 49.6 Å². The number of hydrogen-bond acceptors (Lipinski definition) is 5. The summed E-state index contributed by atoms with van der Waals surface area (Å²) in [5, 5.41) is 10.7. The van der Waals surface area contributed by atoms with Crippen LogP contribution >= 0.6 is 0 Å². The molecule has 1 aliphatic carbocycles. The van der Waals surface area contributed by atoms with Crippen LogP contribution in [0, 0.1) is 5.41 Å². The smallest absolute Gasteiger partial charge is 0.242 e. The van der Waals surface area contributed by atoms with E-state index in [2.05, 4.69) is 24.3 Å². The maximum absolute atomic E-state index is 12.9. The first-order valence-electron chi connectivity index (χ1n) is 11.7. The number of aliphatic hydroxyl groups is 1. The minimum Gasteiger partial charge on any atom is -0.493 e. The van der Waals surface area contributed by atoms with Crippen molar-refractivity contribution in [3.8, 4) is 11.5 Å². The lowest BCUT2D eigenvalue weighted by atomic mass is 9.72. The molecule has 0 aromatic heterocycles. The zero-order valence-corrected chi connectivity index (χ0v) is 20.3. The minimum atomic E-state index is -0.958. The SMILES string of the molecule is COc1ccc(C2CN(C(=O)C(C)(C)N)CC2(C)C(C)O)cc1OC1Cc2ccccc2C1. The van der Waals surface area contributed by atoms with E-state index in [1.807, 2.05) is 25.1 Å². The van der Waals surface area contributed by atoms with Crippen molar-refractivity contribution in [2.24, 2.45) is 11.1 Å². The van der Waals surface area contributed by atoms with Gasteiger partial charge in [0.1, 0.15) is 6.10 Å². The maximum Gasteiger partial charge on any atom is 0.242 e. The molecular formula is C27H36N2O4. The lowest BCUT2D eigenvalue weighted by Gasteiger charge is -2.34. The number of rotatable bonds is 6. The number of likely N-dealkylation sites (tertiary alicyclic amines) is 1. The molecule has 0 spiro atoms. The molecule has 0 bridgehead atoms. The molecule has 0 saturated carbocycles. The van der Waals surface area contributed by atoms with Gasteiger partial charge in [0.2, 0.25) is 5.91 Å². The highest BCUT2D eigenvalue weighted by atomic mass is 16.5. The van der Waals surface area contributed by atoms with Crippen molar-refractivity contribution in [3.63, 3.8) is 0 Å². The van der Waals surface area contributed by atoms with E-state index in [1.54, 1.807) is 32.8 Å². The molecule has 1 aliphatic heterocycles. The number of nitrogens with zero attached hydrogens (tertiary/aromatic N) is 1. The van der Waals surface area contributed by atoms with Gasteiger partial charge in [0.15, 0.2) is 11.5 Å². The Morgan fingerprint density at radius 3 is 2.36 bits per heavy atom. The molecule has 4 rings (SSSR count). The first-order chi connectivity index (χ1) is 15.5. The topological polar surface area (TPSA) is 85.0 Å².